The van der Waals surface area contributed by atoms with Crippen molar-refractivity contribution in [3.63, 3.8) is 0 Å². The Balaban J connectivity index is 1.96. The molecule has 1 heterocycles. The molecule has 6 N–H and O–H groups in total. The van der Waals surface area contributed by atoms with Gasteiger partial charge in [-0.1, -0.05) is 46.2 Å². The predicted molar refractivity (Wildman–Crippen MR) is 187 cm³/mol. The quantitative estimate of drug-likeness (QED) is 0.101. The first-order chi connectivity index (χ1) is 23.6. The van der Waals surface area contributed by atoms with E-state index in [1.165, 1.54) is 12.2 Å². The number of urea groups is 1. The Morgan fingerprint density at radius 1 is 0.840 bits per heavy atom. The molecule has 1 unspecified atom stereocenters. The van der Waals surface area contributed by atoms with E-state index in [1.54, 1.807) is 50.1 Å². The van der Waals surface area contributed by atoms with Crippen LogP contribution in [0.5, 0.6) is 0 Å². The Morgan fingerprint density at radius 3 is 2.06 bits per heavy atom. The molecule has 15 nitrogen and oxygen atoms in total. The Labute approximate surface area is 294 Å². The number of carbonyl (C=O) groups excluding carboxylic acids is 7. The summed E-state index contributed by atoms with van der Waals surface area (Å²) in [4.78, 5) is 89.1. The highest BCUT2D eigenvalue weighted by atomic mass is 16.6. The Hall–Kier alpha value is -4.95. The lowest BCUT2D eigenvalue weighted by Gasteiger charge is -2.27. The molecule has 0 aromatic heterocycles. The average molecular weight is 700 g/mol. The van der Waals surface area contributed by atoms with E-state index in [1.807, 2.05) is 20.8 Å². The van der Waals surface area contributed by atoms with Crippen LogP contribution in [-0.4, -0.2) is 89.7 Å². The van der Waals surface area contributed by atoms with Crippen molar-refractivity contribution in [1.82, 2.24) is 25.8 Å². The summed E-state index contributed by atoms with van der Waals surface area (Å²) in [5, 5.41) is 10.8. The van der Waals surface area contributed by atoms with E-state index in [0.29, 0.717) is 36.9 Å². The van der Waals surface area contributed by atoms with E-state index in [-0.39, 0.29) is 68.1 Å². The molecule has 50 heavy (non-hydrogen) atoms. The number of ether oxygens (including phenoxy) is 1. The van der Waals surface area contributed by atoms with Gasteiger partial charge in [-0.2, -0.15) is 0 Å². The van der Waals surface area contributed by atoms with Crippen molar-refractivity contribution < 1.29 is 38.3 Å². The topological polar surface area (TPSA) is 209 Å². The molecule has 1 aromatic carbocycles. The maximum Gasteiger partial charge on any atom is 0.410 e. The van der Waals surface area contributed by atoms with Crippen molar-refractivity contribution in [2.24, 2.45) is 17.6 Å². The average Bonchev–Trinajstić information content (AvgIpc) is 3.39. The van der Waals surface area contributed by atoms with Gasteiger partial charge in [0.1, 0.15) is 18.7 Å². The number of amides is 8. The Morgan fingerprint density at radius 2 is 1.48 bits per heavy atom. The molecular weight excluding hydrogens is 646 g/mol. The monoisotopic (exact) mass is 699 g/mol. The van der Waals surface area contributed by atoms with Crippen LogP contribution in [0.3, 0.4) is 0 Å². The fourth-order valence-corrected chi connectivity index (χ4v) is 4.99. The molecule has 0 aliphatic carbocycles. The lowest BCUT2D eigenvalue weighted by atomic mass is 10.0. The third-order valence-electron chi connectivity index (χ3n) is 8.50. The summed E-state index contributed by atoms with van der Waals surface area (Å²) in [7, 11) is 1.69. The summed E-state index contributed by atoms with van der Waals surface area (Å²) in [6, 6.07) is 4.12. The van der Waals surface area contributed by atoms with Crippen molar-refractivity contribution in [3.8, 4) is 0 Å². The van der Waals surface area contributed by atoms with Crippen molar-refractivity contribution in [2.75, 3.05) is 25.5 Å². The normalized spacial score (nSPS) is 14.3. The van der Waals surface area contributed by atoms with Crippen molar-refractivity contribution in [1.29, 1.82) is 0 Å². The molecule has 15 heteroatoms. The van der Waals surface area contributed by atoms with Crippen LogP contribution in [0.4, 0.5) is 15.3 Å². The number of nitrogens with two attached hydrogens (primary N) is 1. The van der Waals surface area contributed by atoms with Gasteiger partial charge in [-0.3, -0.25) is 28.9 Å². The molecule has 0 bridgehead atoms. The minimum atomic E-state index is -1.00. The van der Waals surface area contributed by atoms with E-state index < -0.39 is 36.0 Å². The Bertz CT molecular complexity index is 1360. The number of carbonyl (C=O) groups is 7. The number of hydrogen-bond acceptors (Lipinski definition) is 8. The van der Waals surface area contributed by atoms with E-state index in [2.05, 4.69) is 21.3 Å². The summed E-state index contributed by atoms with van der Waals surface area (Å²) in [5.41, 5.74) is 6.32. The predicted octanol–water partition coefficient (Wildman–Crippen LogP) is 2.80. The van der Waals surface area contributed by atoms with E-state index in [0.717, 1.165) is 4.90 Å². The third-order valence-corrected chi connectivity index (χ3v) is 8.50. The van der Waals surface area contributed by atoms with E-state index in [9.17, 15) is 33.6 Å². The fourth-order valence-electron chi connectivity index (χ4n) is 4.99. The number of unbranched alkanes of at least 4 members (excludes halogenated alkanes) is 2. The lowest BCUT2D eigenvalue weighted by Crippen LogP contribution is -2.54. The van der Waals surface area contributed by atoms with Crippen LogP contribution in [0.25, 0.3) is 0 Å². The van der Waals surface area contributed by atoms with Gasteiger partial charge in [-0.25, -0.2) is 9.59 Å². The van der Waals surface area contributed by atoms with Gasteiger partial charge in [-0.05, 0) is 62.1 Å². The number of benzene rings is 1. The highest BCUT2D eigenvalue weighted by Gasteiger charge is 2.29. The second kappa shape index (κ2) is 20.5. The number of rotatable bonds is 20. The molecule has 0 fully saturated rings. The highest BCUT2D eigenvalue weighted by molar-refractivity contribution is 6.12. The molecule has 0 radical (unpaired) electrons. The van der Waals surface area contributed by atoms with Gasteiger partial charge in [-0.15, -0.1) is 0 Å². The smallest absolute Gasteiger partial charge is 0.410 e. The van der Waals surface area contributed by atoms with E-state index in [4.69, 9.17) is 10.5 Å². The molecular formula is C35H53N7O8. The number of imide groups is 1. The molecule has 0 saturated carbocycles. The number of nitrogens with zero attached hydrogens (tertiary/aromatic N) is 2. The van der Waals surface area contributed by atoms with Crippen LogP contribution >= 0.6 is 0 Å². The van der Waals surface area contributed by atoms with Gasteiger partial charge in [0.2, 0.25) is 17.7 Å². The highest BCUT2D eigenvalue weighted by Crippen LogP contribution is 2.15. The molecule has 0 saturated heterocycles. The lowest BCUT2D eigenvalue weighted by molar-refractivity contribution is -0.137. The van der Waals surface area contributed by atoms with Gasteiger partial charge >= 0.3 is 12.1 Å². The SMILES string of the molecule is CC(C)C(NC(=O)CCCCCN1C(=O)C=CC1=O)C(=O)N[C@@H](CCCNC(N)=O)C(=O)Nc1ccc(COC(=O)N(C)[C@H](C)C(C)C)cc1. The number of primary amides is 1. The van der Waals surface area contributed by atoms with Crippen molar-refractivity contribution in [2.45, 2.75) is 97.9 Å². The first-order valence-corrected chi connectivity index (χ1v) is 17.1. The third kappa shape index (κ3) is 13.9. The summed E-state index contributed by atoms with van der Waals surface area (Å²) < 4.78 is 5.42. The molecule has 1 aromatic rings. The minimum Gasteiger partial charge on any atom is -0.445 e. The molecule has 0 spiro atoms. The molecule has 1 aliphatic rings. The zero-order chi connectivity index (χ0) is 37.4. The molecule has 1 aliphatic heterocycles. The first kappa shape index (κ1) is 41.2. The van der Waals surface area contributed by atoms with Gasteiger partial charge in [0, 0.05) is 50.4 Å². The first-order valence-electron chi connectivity index (χ1n) is 17.1. The van der Waals surface area contributed by atoms with Crippen LogP contribution in [-0.2, 0) is 35.3 Å². The second-order valence-corrected chi connectivity index (χ2v) is 13.1. The summed E-state index contributed by atoms with van der Waals surface area (Å²) in [6.07, 6.45) is 4.31. The van der Waals surface area contributed by atoms with E-state index >= 15 is 0 Å². The summed E-state index contributed by atoms with van der Waals surface area (Å²) in [6.45, 7) is 10.1. The number of hydrogen-bond donors (Lipinski definition) is 5. The fraction of sp³-hybridized carbons (Fsp3) is 0.571. The van der Waals surface area contributed by atoms with Crippen molar-refractivity contribution in [3.05, 3.63) is 42.0 Å². The van der Waals surface area contributed by atoms with Gasteiger partial charge in [0.25, 0.3) is 11.8 Å². The molecule has 8 amide bonds. The van der Waals surface area contributed by atoms with Crippen molar-refractivity contribution >= 4 is 47.3 Å². The van der Waals surface area contributed by atoms with Crippen LogP contribution < -0.4 is 27.0 Å². The number of nitrogens with one attached hydrogen (secondary N) is 4. The standard InChI is InChI=1S/C35H53N7O8/c1-22(2)24(5)41(6)35(49)50-21-25-13-15-26(16-14-25)38-32(46)27(11-10-19-37-34(36)48)39-33(47)31(23(3)4)40-28(43)12-8-7-9-20-42-29(44)17-18-30(42)45/h13-18,22-24,27,31H,7-12,19-21H2,1-6H3,(H,38,46)(H,39,47)(H,40,43)(H3,36,37,48)/t24-,27+,31?/m1/s1. The zero-order valence-electron chi connectivity index (χ0n) is 30.0. The Kier molecular flexibility index (Phi) is 16.9. The van der Waals surface area contributed by atoms with Gasteiger partial charge in [0.05, 0.1) is 0 Å². The summed E-state index contributed by atoms with van der Waals surface area (Å²) in [5.74, 6) is -2.09. The van der Waals surface area contributed by atoms with Gasteiger partial charge < -0.3 is 36.6 Å². The maximum absolute atomic E-state index is 13.4. The van der Waals surface area contributed by atoms with Crippen LogP contribution in [0.15, 0.2) is 36.4 Å². The zero-order valence-corrected chi connectivity index (χ0v) is 30.0. The maximum atomic E-state index is 13.4. The second-order valence-electron chi connectivity index (χ2n) is 13.1. The van der Waals surface area contributed by atoms with Crippen LogP contribution in [0.1, 0.15) is 78.7 Å². The van der Waals surface area contributed by atoms with Crippen LogP contribution in [0.2, 0.25) is 0 Å². The largest absolute Gasteiger partial charge is 0.445 e. The minimum absolute atomic E-state index is 0.00889. The van der Waals surface area contributed by atoms with Gasteiger partial charge in [0.15, 0.2) is 0 Å². The number of anilines is 1. The molecule has 3 atom stereocenters. The molecule has 276 valence electrons. The summed E-state index contributed by atoms with van der Waals surface area (Å²) >= 11 is 0. The molecule has 2 rings (SSSR count). The van der Waals surface area contributed by atoms with Crippen LogP contribution in [0, 0.1) is 11.8 Å².